The number of thiazole rings is 1. The summed E-state index contributed by atoms with van der Waals surface area (Å²) in [6.07, 6.45) is 4.23. The molecule has 1 aliphatic rings. The molecule has 0 aromatic carbocycles. The minimum atomic E-state index is -1.06. The van der Waals surface area contributed by atoms with Crippen molar-refractivity contribution in [3.8, 4) is 0 Å². The first kappa shape index (κ1) is 12.7. The molecule has 0 spiro atoms. The van der Waals surface area contributed by atoms with Crippen LogP contribution in [0, 0.1) is 5.92 Å². The lowest BCUT2D eigenvalue weighted by atomic mass is 10.1. The maximum atomic E-state index is 11.7. The molecule has 0 bridgehead atoms. The number of nitrogens with two attached hydrogens (primary N) is 1. The summed E-state index contributed by atoms with van der Waals surface area (Å²) in [4.78, 5) is 26.3. The molecule has 0 aliphatic heterocycles. The fourth-order valence-electron chi connectivity index (χ4n) is 1.71. The lowest BCUT2D eigenvalue weighted by molar-refractivity contribution is -0.123. The van der Waals surface area contributed by atoms with Crippen molar-refractivity contribution in [3.05, 3.63) is 28.2 Å². The summed E-state index contributed by atoms with van der Waals surface area (Å²) in [7, 11) is 0. The molecule has 1 aromatic heterocycles. The zero-order chi connectivity index (χ0) is 13.1. The Kier molecular flexibility index (Phi) is 3.73. The van der Waals surface area contributed by atoms with Crippen molar-refractivity contribution in [3.63, 3.8) is 0 Å². The van der Waals surface area contributed by atoms with E-state index in [0.717, 1.165) is 0 Å². The third kappa shape index (κ3) is 2.93. The summed E-state index contributed by atoms with van der Waals surface area (Å²) in [5.74, 6) is -1.36. The molecule has 1 aliphatic carbocycles. The molecule has 1 heterocycles. The molecule has 0 saturated heterocycles. The van der Waals surface area contributed by atoms with Crippen LogP contribution in [0.25, 0.3) is 0 Å². The standard InChI is InChI=1S/C11H13N3O3S/c12-7-2-1-6(3-7)10(15)13-4-9-14-8(5-18-9)11(16)17/h1-2,5-7H,3-4,12H2,(H,13,15)(H,16,17). The first-order valence-electron chi connectivity index (χ1n) is 5.45. The number of nitrogens with one attached hydrogen (secondary N) is 1. The maximum Gasteiger partial charge on any atom is 0.355 e. The monoisotopic (exact) mass is 267 g/mol. The highest BCUT2D eigenvalue weighted by molar-refractivity contribution is 7.09. The molecule has 2 rings (SSSR count). The fourth-order valence-corrected chi connectivity index (χ4v) is 2.41. The first-order valence-corrected chi connectivity index (χ1v) is 6.33. The van der Waals surface area contributed by atoms with Crippen LogP contribution in [0.5, 0.6) is 0 Å². The summed E-state index contributed by atoms with van der Waals surface area (Å²) < 4.78 is 0. The number of carboxylic acid groups (broad SMARTS) is 1. The zero-order valence-electron chi connectivity index (χ0n) is 9.50. The van der Waals surface area contributed by atoms with Crippen molar-refractivity contribution in [1.82, 2.24) is 10.3 Å². The molecule has 6 nitrogen and oxygen atoms in total. The molecular weight excluding hydrogens is 254 g/mol. The van der Waals surface area contributed by atoms with Crippen molar-refractivity contribution < 1.29 is 14.7 Å². The maximum absolute atomic E-state index is 11.7. The number of carbonyl (C=O) groups is 2. The molecule has 7 heteroatoms. The van der Waals surface area contributed by atoms with Crippen molar-refractivity contribution in [1.29, 1.82) is 0 Å². The Morgan fingerprint density at radius 2 is 2.33 bits per heavy atom. The molecule has 2 atom stereocenters. The predicted octanol–water partition coefficient (Wildman–Crippen LogP) is 0.361. The van der Waals surface area contributed by atoms with Crippen LogP contribution in [-0.2, 0) is 11.3 Å². The second kappa shape index (κ2) is 5.28. The highest BCUT2D eigenvalue weighted by Crippen LogP contribution is 2.17. The molecule has 96 valence electrons. The van der Waals surface area contributed by atoms with Crippen LogP contribution in [0.15, 0.2) is 17.5 Å². The van der Waals surface area contributed by atoms with Crippen LogP contribution >= 0.6 is 11.3 Å². The zero-order valence-corrected chi connectivity index (χ0v) is 10.3. The van der Waals surface area contributed by atoms with Crippen molar-refractivity contribution >= 4 is 23.2 Å². The van der Waals surface area contributed by atoms with Gasteiger partial charge in [0.25, 0.3) is 0 Å². The number of carboxylic acids is 1. The lowest BCUT2D eigenvalue weighted by Gasteiger charge is -2.09. The van der Waals surface area contributed by atoms with Gasteiger partial charge in [-0.2, -0.15) is 0 Å². The van der Waals surface area contributed by atoms with Gasteiger partial charge in [-0.15, -0.1) is 11.3 Å². The van der Waals surface area contributed by atoms with Gasteiger partial charge in [0.1, 0.15) is 5.01 Å². The highest BCUT2D eigenvalue weighted by atomic mass is 32.1. The summed E-state index contributed by atoms with van der Waals surface area (Å²) in [6.45, 7) is 0.246. The Hall–Kier alpha value is -1.73. The van der Waals surface area contributed by atoms with Crippen LogP contribution in [0.3, 0.4) is 0 Å². The van der Waals surface area contributed by atoms with Crippen molar-refractivity contribution in [2.45, 2.75) is 19.0 Å². The predicted molar refractivity (Wildman–Crippen MR) is 66.1 cm³/mol. The van der Waals surface area contributed by atoms with Gasteiger partial charge in [-0.3, -0.25) is 4.79 Å². The van der Waals surface area contributed by atoms with Crippen molar-refractivity contribution in [2.24, 2.45) is 11.7 Å². The van der Waals surface area contributed by atoms with E-state index in [9.17, 15) is 9.59 Å². The van der Waals surface area contributed by atoms with E-state index in [1.54, 1.807) is 6.08 Å². The average Bonchev–Trinajstić information content (AvgIpc) is 2.94. The lowest BCUT2D eigenvalue weighted by Crippen LogP contribution is -2.30. The number of hydrogen-bond donors (Lipinski definition) is 3. The summed E-state index contributed by atoms with van der Waals surface area (Å²) >= 11 is 1.21. The van der Waals surface area contributed by atoms with E-state index < -0.39 is 5.97 Å². The van der Waals surface area contributed by atoms with Crippen LogP contribution in [-0.4, -0.2) is 28.0 Å². The van der Waals surface area contributed by atoms with E-state index in [2.05, 4.69) is 10.3 Å². The number of amides is 1. The summed E-state index contributed by atoms with van der Waals surface area (Å²) in [5.41, 5.74) is 5.67. The van der Waals surface area contributed by atoms with Crippen LogP contribution < -0.4 is 11.1 Å². The largest absolute Gasteiger partial charge is 0.476 e. The normalized spacial score (nSPS) is 22.1. The van der Waals surface area contributed by atoms with Gasteiger partial charge in [0.2, 0.25) is 5.91 Å². The quantitative estimate of drug-likeness (QED) is 0.683. The molecule has 4 N–H and O–H groups in total. The number of rotatable bonds is 4. The van der Waals surface area contributed by atoms with Gasteiger partial charge < -0.3 is 16.2 Å². The molecule has 1 amide bonds. The molecule has 18 heavy (non-hydrogen) atoms. The van der Waals surface area contributed by atoms with E-state index in [0.29, 0.717) is 11.4 Å². The van der Waals surface area contributed by atoms with Gasteiger partial charge in [-0.25, -0.2) is 9.78 Å². The Morgan fingerprint density at radius 3 is 2.89 bits per heavy atom. The van der Waals surface area contributed by atoms with Gasteiger partial charge in [-0.05, 0) is 6.42 Å². The SMILES string of the molecule is NC1C=CC(C(=O)NCc2nc(C(=O)O)cs2)C1. The van der Waals surface area contributed by atoms with Crippen LogP contribution in [0.4, 0.5) is 0 Å². The smallest absolute Gasteiger partial charge is 0.355 e. The first-order chi connectivity index (χ1) is 8.56. The van der Waals surface area contributed by atoms with Gasteiger partial charge in [-0.1, -0.05) is 12.2 Å². The number of aromatic carboxylic acids is 1. The molecule has 0 fully saturated rings. The van der Waals surface area contributed by atoms with Gasteiger partial charge in [0.05, 0.1) is 12.5 Å². The van der Waals surface area contributed by atoms with Gasteiger partial charge >= 0.3 is 5.97 Å². The fraction of sp³-hybridized carbons (Fsp3) is 0.364. The summed E-state index contributed by atoms with van der Waals surface area (Å²) in [5, 5.41) is 13.5. The number of nitrogens with zero attached hydrogens (tertiary/aromatic N) is 1. The third-order valence-corrected chi connectivity index (χ3v) is 3.49. The molecular formula is C11H13N3O3S. The number of carbonyl (C=O) groups excluding carboxylic acids is 1. The molecule has 2 unspecified atom stereocenters. The Labute approximate surface area is 108 Å². The third-order valence-electron chi connectivity index (χ3n) is 2.64. The minimum absolute atomic E-state index is 0.00651. The molecule has 0 saturated carbocycles. The van der Waals surface area contributed by atoms with Gasteiger partial charge in [0, 0.05) is 11.4 Å². The van der Waals surface area contributed by atoms with E-state index in [1.165, 1.54) is 16.7 Å². The molecule has 0 radical (unpaired) electrons. The topological polar surface area (TPSA) is 105 Å². The number of aromatic nitrogens is 1. The Bertz CT molecular complexity index is 497. The van der Waals surface area contributed by atoms with E-state index in [-0.39, 0.29) is 30.1 Å². The second-order valence-electron chi connectivity index (χ2n) is 4.04. The second-order valence-corrected chi connectivity index (χ2v) is 4.98. The van der Waals surface area contributed by atoms with Crippen LogP contribution in [0.1, 0.15) is 21.9 Å². The Balaban J connectivity index is 1.85. The highest BCUT2D eigenvalue weighted by Gasteiger charge is 2.22. The Morgan fingerprint density at radius 1 is 1.56 bits per heavy atom. The van der Waals surface area contributed by atoms with Gasteiger partial charge in [0.15, 0.2) is 5.69 Å². The number of hydrogen-bond acceptors (Lipinski definition) is 5. The van der Waals surface area contributed by atoms with E-state index in [1.807, 2.05) is 6.08 Å². The average molecular weight is 267 g/mol. The summed E-state index contributed by atoms with van der Waals surface area (Å²) in [6, 6.07) is -0.0563. The van der Waals surface area contributed by atoms with Crippen molar-refractivity contribution in [2.75, 3.05) is 0 Å². The van der Waals surface area contributed by atoms with E-state index >= 15 is 0 Å². The van der Waals surface area contributed by atoms with E-state index in [4.69, 9.17) is 10.8 Å². The molecule has 1 aromatic rings. The van der Waals surface area contributed by atoms with Crippen LogP contribution in [0.2, 0.25) is 0 Å². The minimum Gasteiger partial charge on any atom is -0.476 e.